The molecule has 0 unspecified atom stereocenters. The summed E-state index contributed by atoms with van der Waals surface area (Å²) in [6, 6.07) is 0. The van der Waals surface area contributed by atoms with Crippen LogP contribution in [0.2, 0.25) is 0 Å². The highest BCUT2D eigenvalue weighted by atomic mass is 16.6. The third-order valence-electron chi connectivity index (χ3n) is 5.20. The molecule has 0 aromatic rings. The number of unbranched alkanes of at least 4 members (excludes halogenated alkanes) is 10. The van der Waals surface area contributed by atoms with Crippen molar-refractivity contribution >= 4 is 0 Å². The molecule has 1 rings (SSSR count). The first kappa shape index (κ1) is 24.6. The van der Waals surface area contributed by atoms with Crippen LogP contribution >= 0.6 is 0 Å². The highest BCUT2D eigenvalue weighted by Crippen LogP contribution is 2.21. The Bertz CT molecular complexity index is 361. The monoisotopic (exact) mass is 386 g/mol. The van der Waals surface area contributed by atoms with Crippen LogP contribution in [0.25, 0.3) is 0 Å². The van der Waals surface area contributed by atoms with Gasteiger partial charge in [0.25, 0.3) is 0 Å². The fourth-order valence-corrected chi connectivity index (χ4v) is 3.47. The summed E-state index contributed by atoms with van der Waals surface area (Å²) < 4.78 is 11.0. The Morgan fingerprint density at radius 3 is 2.19 bits per heavy atom. The van der Waals surface area contributed by atoms with Crippen LogP contribution in [0.5, 0.6) is 0 Å². The zero-order valence-electron chi connectivity index (χ0n) is 17.2. The Morgan fingerprint density at radius 1 is 0.963 bits per heavy atom. The molecule has 0 bridgehead atoms. The molecule has 27 heavy (non-hydrogen) atoms. The van der Waals surface area contributed by atoms with Crippen LogP contribution in [0.1, 0.15) is 84.0 Å². The largest absolute Gasteiger partial charge is 0.394 e. The molecule has 0 aromatic carbocycles. The lowest BCUT2D eigenvalue weighted by Crippen LogP contribution is -2.42. The van der Waals surface area contributed by atoms with Crippen molar-refractivity contribution in [1.29, 1.82) is 0 Å². The predicted octanol–water partition coefficient (Wildman–Crippen LogP) is 3.74. The first-order valence-corrected chi connectivity index (χ1v) is 11.1. The van der Waals surface area contributed by atoms with Crippen molar-refractivity contribution in [2.45, 2.75) is 108 Å². The second-order valence-corrected chi connectivity index (χ2v) is 7.68. The number of allylic oxidation sites excluding steroid dienone is 2. The SMILES string of the molecule is CCCCCCCCC/C=C/CCCCCO[C@H]1[C@@H]([C@H](O)CO)OC[C@@H]1O. The quantitative estimate of drug-likeness (QED) is 0.262. The molecule has 0 saturated carbocycles. The molecule has 0 radical (unpaired) electrons. The van der Waals surface area contributed by atoms with E-state index in [0.29, 0.717) is 6.61 Å². The molecule has 0 aromatic heterocycles. The molecule has 5 heteroatoms. The zero-order chi connectivity index (χ0) is 19.7. The maximum Gasteiger partial charge on any atom is 0.114 e. The molecule has 4 atom stereocenters. The average molecular weight is 387 g/mol. The van der Waals surface area contributed by atoms with Gasteiger partial charge in [0, 0.05) is 6.61 Å². The summed E-state index contributed by atoms with van der Waals surface area (Å²) in [7, 11) is 0. The molecular weight excluding hydrogens is 344 g/mol. The third kappa shape index (κ3) is 11.2. The lowest BCUT2D eigenvalue weighted by atomic mass is 10.1. The van der Waals surface area contributed by atoms with E-state index in [1.54, 1.807) is 0 Å². The summed E-state index contributed by atoms with van der Waals surface area (Å²) in [5, 5.41) is 28.6. The summed E-state index contributed by atoms with van der Waals surface area (Å²) in [5.41, 5.74) is 0. The van der Waals surface area contributed by atoms with Crippen molar-refractivity contribution in [3.63, 3.8) is 0 Å². The second kappa shape index (κ2) is 16.5. The van der Waals surface area contributed by atoms with Gasteiger partial charge in [-0.3, -0.25) is 0 Å². The van der Waals surface area contributed by atoms with Gasteiger partial charge in [-0.05, 0) is 32.1 Å². The summed E-state index contributed by atoms with van der Waals surface area (Å²) in [5.74, 6) is 0. The van der Waals surface area contributed by atoms with E-state index < -0.39 is 24.4 Å². The minimum Gasteiger partial charge on any atom is -0.394 e. The molecule has 0 aliphatic carbocycles. The standard InChI is InChI=1S/C22H42O5/c1-2-3-4-5-6-7-8-9-10-11-12-13-14-15-16-26-22-20(25)18-27-21(22)19(24)17-23/h10-11,19-25H,2-9,12-18H2,1H3/b11-10+/t19-,20+,21-,22-/m1/s1. The molecule has 1 aliphatic rings. The van der Waals surface area contributed by atoms with Gasteiger partial charge >= 0.3 is 0 Å². The van der Waals surface area contributed by atoms with Gasteiger partial charge in [0.15, 0.2) is 0 Å². The number of hydrogen-bond acceptors (Lipinski definition) is 5. The fourth-order valence-electron chi connectivity index (χ4n) is 3.47. The summed E-state index contributed by atoms with van der Waals surface area (Å²) in [6.45, 7) is 2.56. The topological polar surface area (TPSA) is 79.2 Å². The van der Waals surface area contributed by atoms with Crippen molar-refractivity contribution in [2.24, 2.45) is 0 Å². The van der Waals surface area contributed by atoms with Crippen LogP contribution < -0.4 is 0 Å². The Kier molecular flexibility index (Phi) is 15.0. The van der Waals surface area contributed by atoms with Gasteiger partial charge < -0.3 is 24.8 Å². The van der Waals surface area contributed by atoms with Gasteiger partial charge in [0.1, 0.15) is 24.4 Å². The Balaban J connectivity index is 1.92. The molecule has 0 amide bonds. The summed E-state index contributed by atoms with van der Waals surface area (Å²) in [6.07, 6.45) is 16.7. The minimum atomic E-state index is -1.01. The third-order valence-corrected chi connectivity index (χ3v) is 5.20. The number of aliphatic hydroxyl groups excluding tert-OH is 3. The lowest BCUT2D eigenvalue weighted by Gasteiger charge is -2.23. The van der Waals surface area contributed by atoms with E-state index in [0.717, 1.165) is 25.7 Å². The van der Waals surface area contributed by atoms with Crippen LogP contribution in [0.4, 0.5) is 0 Å². The van der Waals surface area contributed by atoms with Gasteiger partial charge in [-0.25, -0.2) is 0 Å². The van der Waals surface area contributed by atoms with Crippen molar-refractivity contribution in [3.8, 4) is 0 Å². The summed E-state index contributed by atoms with van der Waals surface area (Å²) in [4.78, 5) is 0. The predicted molar refractivity (Wildman–Crippen MR) is 109 cm³/mol. The summed E-state index contributed by atoms with van der Waals surface area (Å²) >= 11 is 0. The van der Waals surface area contributed by atoms with Crippen LogP contribution in [0.3, 0.4) is 0 Å². The number of aliphatic hydroxyl groups is 3. The van der Waals surface area contributed by atoms with E-state index in [-0.39, 0.29) is 13.2 Å². The van der Waals surface area contributed by atoms with E-state index in [9.17, 15) is 10.2 Å². The average Bonchev–Trinajstić information content (AvgIpc) is 3.04. The number of rotatable bonds is 17. The van der Waals surface area contributed by atoms with Crippen LogP contribution in [0, 0.1) is 0 Å². The molecule has 1 fully saturated rings. The lowest BCUT2D eigenvalue weighted by molar-refractivity contribution is -0.0937. The minimum absolute atomic E-state index is 0.149. The Hall–Kier alpha value is -0.460. The Labute approximate surface area is 165 Å². The van der Waals surface area contributed by atoms with E-state index in [1.165, 1.54) is 51.4 Å². The molecule has 5 nitrogen and oxygen atoms in total. The van der Waals surface area contributed by atoms with Gasteiger partial charge in [-0.15, -0.1) is 0 Å². The van der Waals surface area contributed by atoms with Gasteiger partial charge in [-0.1, -0.05) is 64.0 Å². The van der Waals surface area contributed by atoms with E-state index in [2.05, 4.69) is 19.1 Å². The molecule has 1 aliphatic heterocycles. The molecule has 0 spiro atoms. The van der Waals surface area contributed by atoms with Crippen LogP contribution in [-0.2, 0) is 9.47 Å². The fraction of sp³-hybridized carbons (Fsp3) is 0.909. The molecule has 1 saturated heterocycles. The molecule has 160 valence electrons. The van der Waals surface area contributed by atoms with E-state index >= 15 is 0 Å². The van der Waals surface area contributed by atoms with Crippen molar-refractivity contribution < 1.29 is 24.8 Å². The highest BCUT2D eigenvalue weighted by Gasteiger charge is 2.40. The van der Waals surface area contributed by atoms with Gasteiger partial charge in [-0.2, -0.15) is 0 Å². The van der Waals surface area contributed by atoms with Crippen molar-refractivity contribution in [3.05, 3.63) is 12.2 Å². The normalized spacial score (nSPS) is 24.1. The highest BCUT2D eigenvalue weighted by molar-refractivity contribution is 4.89. The number of hydrogen-bond donors (Lipinski definition) is 3. The van der Waals surface area contributed by atoms with Crippen LogP contribution in [-0.4, -0.2) is 59.6 Å². The first-order chi connectivity index (χ1) is 13.2. The smallest absolute Gasteiger partial charge is 0.114 e. The van der Waals surface area contributed by atoms with Crippen molar-refractivity contribution in [2.75, 3.05) is 19.8 Å². The zero-order valence-corrected chi connectivity index (χ0v) is 17.2. The second-order valence-electron chi connectivity index (χ2n) is 7.68. The molecular formula is C22H42O5. The van der Waals surface area contributed by atoms with E-state index in [1.807, 2.05) is 0 Å². The maximum atomic E-state index is 9.87. The Morgan fingerprint density at radius 2 is 1.56 bits per heavy atom. The maximum absolute atomic E-state index is 9.87. The van der Waals surface area contributed by atoms with Crippen LogP contribution in [0.15, 0.2) is 12.2 Å². The molecule has 3 N–H and O–H groups in total. The van der Waals surface area contributed by atoms with E-state index in [4.69, 9.17) is 14.6 Å². The van der Waals surface area contributed by atoms with Crippen molar-refractivity contribution in [1.82, 2.24) is 0 Å². The molecule has 1 heterocycles. The number of ether oxygens (including phenoxy) is 2. The van der Waals surface area contributed by atoms with Gasteiger partial charge in [0.2, 0.25) is 0 Å². The first-order valence-electron chi connectivity index (χ1n) is 11.1. The van der Waals surface area contributed by atoms with Gasteiger partial charge in [0.05, 0.1) is 13.2 Å².